The van der Waals surface area contributed by atoms with Crippen molar-refractivity contribution in [3.05, 3.63) is 28.2 Å². The minimum Gasteiger partial charge on any atom is -0.291 e. The second-order valence-electron chi connectivity index (χ2n) is 3.55. The molecule has 1 aromatic rings. The van der Waals surface area contributed by atoms with Gasteiger partial charge in [0.05, 0.1) is 23.2 Å². The smallest absolute Gasteiger partial charge is 0.291 e. The van der Waals surface area contributed by atoms with Crippen LogP contribution in [0.2, 0.25) is 10.0 Å². The number of rotatable bonds is 3. The molecular formula is C11H12Cl2N2O2. The Morgan fingerprint density at radius 2 is 2.06 bits per heavy atom. The van der Waals surface area contributed by atoms with E-state index in [0.717, 1.165) is 5.69 Å². The van der Waals surface area contributed by atoms with Gasteiger partial charge >= 0.3 is 6.03 Å². The summed E-state index contributed by atoms with van der Waals surface area (Å²) in [6.45, 7) is 3.44. The van der Waals surface area contributed by atoms with Crippen molar-refractivity contribution in [2.75, 3.05) is 24.6 Å². The Bertz CT molecular complexity index is 439. The van der Waals surface area contributed by atoms with Gasteiger partial charge in [0.15, 0.2) is 0 Å². The molecule has 0 aromatic heterocycles. The Hall–Kier alpha value is -0.970. The molecule has 2 rings (SSSR count). The van der Waals surface area contributed by atoms with Gasteiger partial charge < -0.3 is 0 Å². The predicted octanol–water partition coefficient (Wildman–Crippen LogP) is 3.19. The average Bonchev–Trinajstić information content (AvgIpc) is 2.66. The van der Waals surface area contributed by atoms with Gasteiger partial charge in [0, 0.05) is 12.2 Å². The molecule has 1 heterocycles. The van der Waals surface area contributed by atoms with Crippen LogP contribution >= 0.6 is 23.2 Å². The molecular weight excluding hydrogens is 263 g/mol. The third kappa shape index (κ3) is 2.49. The van der Waals surface area contributed by atoms with E-state index < -0.39 is 0 Å². The van der Waals surface area contributed by atoms with E-state index in [1.54, 1.807) is 23.1 Å². The van der Waals surface area contributed by atoms with E-state index in [4.69, 9.17) is 28.0 Å². The van der Waals surface area contributed by atoms with Crippen LogP contribution in [0, 0.1) is 0 Å². The van der Waals surface area contributed by atoms with Gasteiger partial charge in [-0.15, -0.1) is 0 Å². The number of carbonyl (C=O) groups is 1. The second kappa shape index (κ2) is 5.12. The number of amides is 2. The van der Waals surface area contributed by atoms with E-state index in [2.05, 4.69) is 0 Å². The molecule has 1 aromatic carbocycles. The number of hydrogen-bond acceptors (Lipinski definition) is 2. The fraction of sp³-hybridized carbons (Fsp3) is 0.364. The van der Waals surface area contributed by atoms with Gasteiger partial charge in [-0.3, -0.25) is 9.74 Å². The zero-order valence-corrected chi connectivity index (χ0v) is 10.8. The average molecular weight is 275 g/mol. The van der Waals surface area contributed by atoms with Crippen molar-refractivity contribution in [2.24, 2.45) is 0 Å². The third-order valence-corrected chi connectivity index (χ3v) is 3.21. The highest BCUT2D eigenvalue weighted by Gasteiger charge is 2.30. The van der Waals surface area contributed by atoms with Crippen LogP contribution in [0.15, 0.2) is 18.2 Å². The molecule has 6 heteroatoms. The fourth-order valence-corrected chi connectivity index (χ4v) is 1.98. The summed E-state index contributed by atoms with van der Waals surface area (Å²) >= 11 is 11.8. The maximum Gasteiger partial charge on any atom is 0.348 e. The molecule has 1 saturated heterocycles. The minimum absolute atomic E-state index is 0.176. The van der Waals surface area contributed by atoms with Crippen molar-refractivity contribution in [1.82, 2.24) is 5.06 Å². The van der Waals surface area contributed by atoms with Crippen LogP contribution in [-0.4, -0.2) is 30.8 Å². The van der Waals surface area contributed by atoms with Crippen molar-refractivity contribution in [3.8, 4) is 0 Å². The molecule has 0 bridgehead atoms. The Morgan fingerprint density at radius 3 is 2.71 bits per heavy atom. The number of hydroxylamine groups is 2. The molecule has 0 N–H and O–H groups in total. The van der Waals surface area contributed by atoms with Crippen molar-refractivity contribution in [1.29, 1.82) is 0 Å². The fourth-order valence-electron chi connectivity index (χ4n) is 1.68. The lowest BCUT2D eigenvalue weighted by Gasteiger charge is -2.17. The Labute approximate surface area is 110 Å². The summed E-state index contributed by atoms with van der Waals surface area (Å²) in [5.41, 5.74) is 0.728. The van der Waals surface area contributed by atoms with Crippen molar-refractivity contribution in [2.45, 2.75) is 6.92 Å². The number of halogens is 2. The van der Waals surface area contributed by atoms with Gasteiger partial charge in [-0.2, -0.15) is 0 Å². The highest BCUT2D eigenvalue weighted by molar-refractivity contribution is 6.42. The largest absolute Gasteiger partial charge is 0.348 e. The van der Waals surface area contributed by atoms with Crippen LogP contribution in [0.25, 0.3) is 0 Å². The highest BCUT2D eigenvalue weighted by atomic mass is 35.5. The molecule has 1 aliphatic rings. The van der Waals surface area contributed by atoms with Crippen LogP contribution < -0.4 is 4.90 Å². The standard InChI is InChI=1S/C11H12Cl2N2O2/c1-2-17-15-6-5-14(11(15)16)8-3-4-9(12)10(13)7-8/h3-4,7H,2,5-6H2,1H3. The quantitative estimate of drug-likeness (QED) is 0.848. The van der Waals surface area contributed by atoms with Crippen molar-refractivity contribution < 1.29 is 9.63 Å². The predicted molar refractivity (Wildman–Crippen MR) is 67.5 cm³/mol. The number of urea groups is 1. The van der Waals surface area contributed by atoms with Crippen LogP contribution in [-0.2, 0) is 4.84 Å². The van der Waals surface area contributed by atoms with Gasteiger partial charge in [-0.1, -0.05) is 23.2 Å². The summed E-state index contributed by atoms with van der Waals surface area (Å²) in [4.78, 5) is 18.8. The Balaban J connectivity index is 2.18. The number of anilines is 1. The van der Waals surface area contributed by atoms with Gasteiger partial charge in [0.1, 0.15) is 0 Å². The normalized spacial score (nSPS) is 15.8. The molecule has 0 spiro atoms. The maximum absolute atomic E-state index is 11.9. The summed E-state index contributed by atoms with van der Waals surface area (Å²) < 4.78 is 0. The van der Waals surface area contributed by atoms with Gasteiger partial charge in [-0.25, -0.2) is 9.86 Å². The molecule has 17 heavy (non-hydrogen) atoms. The first kappa shape index (κ1) is 12.5. The SMILES string of the molecule is CCON1CCN(c2ccc(Cl)c(Cl)c2)C1=O. The molecule has 0 atom stereocenters. The first-order chi connectivity index (χ1) is 8.13. The molecule has 4 nitrogen and oxygen atoms in total. The van der Waals surface area contributed by atoms with Gasteiger partial charge in [0.2, 0.25) is 0 Å². The van der Waals surface area contributed by atoms with E-state index >= 15 is 0 Å². The van der Waals surface area contributed by atoms with E-state index in [-0.39, 0.29) is 6.03 Å². The topological polar surface area (TPSA) is 32.8 Å². The molecule has 92 valence electrons. The summed E-state index contributed by atoms with van der Waals surface area (Å²) in [6.07, 6.45) is 0. The van der Waals surface area contributed by atoms with E-state index in [1.165, 1.54) is 5.06 Å². The molecule has 1 fully saturated rings. The van der Waals surface area contributed by atoms with Crippen LogP contribution in [0.3, 0.4) is 0 Å². The van der Waals surface area contributed by atoms with Gasteiger partial charge in [0.25, 0.3) is 0 Å². The molecule has 1 aliphatic heterocycles. The van der Waals surface area contributed by atoms with E-state index in [1.807, 2.05) is 6.92 Å². The van der Waals surface area contributed by atoms with E-state index in [0.29, 0.717) is 29.7 Å². The van der Waals surface area contributed by atoms with Crippen LogP contribution in [0.5, 0.6) is 0 Å². The highest BCUT2D eigenvalue weighted by Crippen LogP contribution is 2.29. The number of nitrogens with zero attached hydrogens (tertiary/aromatic N) is 2. The lowest BCUT2D eigenvalue weighted by molar-refractivity contribution is -0.0972. The summed E-state index contributed by atoms with van der Waals surface area (Å²) in [7, 11) is 0. The maximum atomic E-state index is 11.9. The van der Waals surface area contributed by atoms with Crippen LogP contribution in [0.1, 0.15) is 6.92 Å². The van der Waals surface area contributed by atoms with E-state index in [9.17, 15) is 4.79 Å². The monoisotopic (exact) mass is 274 g/mol. The molecule has 0 saturated carbocycles. The number of benzene rings is 1. The molecule has 0 unspecified atom stereocenters. The zero-order chi connectivity index (χ0) is 12.4. The Morgan fingerprint density at radius 1 is 1.29 bits per heavy atom. The number of hydrogen-bond donors (Lipinski definition) is 0. The van der Waals surface area contributed by atoms with Gasteiger partial charge in [-0.05, 0) is 25.1 Å². The second-order valence-corrected chi connectivity index (χ2v) is 4.37. The molecule has 0 aliphatic carbocycles. The molecule has 2 amide bonds. The first-order valence-corrected chi connectivity index (χ1v) is 6.06. The lowest BCUT2D eigenvalue weighted by atomic mass is 10.3. The van der Waals surface area contributed by atoms with Crippen molar-refractivity contribution in [3.63, 3.8) is 0 Å². The number of carbonyl (C=O) groups excluding carboxylic acids is 1. The summed E-state index contributed by atoms with van der Waals surface area (Å²) in [5.74, 6) is 0. The zero-order valence-electron chi connectivity index (χ0n) is 9.32. The first-order valence-electron chi connectivity index (χ1n) is 5.30. The summed E-state index contributed by atoms with van der Waals surface area (Å²) in [5, 5.41) is 2.26. The third-order valence-electron chi connectivity index (χ3n) is 2.47. The summed E-state index contributed by atoms with van der Waals surface area (Å²) in [6, 6.07) is 4.94. The Kier molecular flexibility index (Phi) is 3.76. The molecule has 0 radical (unpaired) electrons. The van der Waals surface area contributed by atoms with Crippen LogP contribution in [0.4, 0.5) is 10.5 Å². The lowest BCUT2D eigenvalue weighted by Crippen LogP contribution is -2.31. The van der Waals surface area contributed by atoms with Crippen molar-refractivity contribution >= 4 is 34.9 Å². The minimum atomic E-state index is -0.176.